The van der Waals surface area contributed by atoms with Gasteiger partial charge in [0.25, 0.3) is 0 Å². The Morgan fingerprint density at radius 3 is 2.94 bits per heavy atom. The van der Waals surface area contributed by atoms with Crippen molar-refractivity contribution in [1.82, 2.24) is 9.80 Å². The van der Waals surface area contributed by atoms with E-state index >= 15 is 0 Å². The summed E-state index contributed by atoms with van der Waals surface area (Å²) in [4.78, 5) is 5.37. The second kappa shape index (κ2) is 5.99. The van der Waals surface area contributed by atoms with Crippen molar-refractivity contribution in [3.8, 4) is 0 Å². The molecular formula is C13H26N2O. The van der Waals surface area contributed by atoms with Gasteiger partial charge < -0.3 is 4.74 Å². The topological polar surface area (TPSA) is 15.7 Å². The summed E-state index contributed by atoms with van der Waals surface area (Å²) in [5, 5.41) is 0. The largest absolute Gasteiger partial charge is 0.385 e. The number of piperazine rings is 1. The minimum absolute atomic E-state index is 0.728. The monoisotopic (exact) mass is 226 g/mol. The van der Waals surface area contributed by atoms with Gasteiger partial charge in [0.15, 0.2) is 0 Å². The van der Waals surface area contributed by atoms with Crippen LogP contribution >= 0.6 is 0 Å². The highest BCUT2D eigenvalue weighted by Crippen LogP contribution is 2.23. The lowest BCUT2D eigenvalue weighted by atomic mass is 9.97. The molecule has 2 unspecified atom stereocenters. The molecule has 3 heteroatoms. The Morgan fingerprint density at radius 2 is 2.12 bits per heavy atom. The molecular weight excluding hydrogens is 200 g/mol. The summed E-state index contributed by atoms with van der Waals surface area (Å²) < 4.78 is 5.14. The molecule has 0 aromatic carbocycles. The van der Waals surface area contributed by atoms with Gasteiger partial charge in [-0.15, -0.1) is 0 Å². The summed E-state index contributed by atoms with van der Waals surface area (Å²) in [5.74, 6) is 0. The zero-order valence-electron chi connectivity index (χ0n) is 10.8. The summed E-state index contributed by atoms with van der Waals surface area (Å²) in [6.45, 7) is 8.37. The van der Waals surface area contributed by atoms with Crippen LogP contribution in [-0.4, -0.2) is 61.8 Å². The van der Waals surface area contributed by atoms with E-state index in [4.69, 9.17) is 4.74 Å². The Labute approximate surface area is 99.7 Å². The van der Waals surface area contributed by atoms with Gasteiger partial charge in [-0.25, -0.2) is 0 Å². The Kier molecular flexibility index (Phi) is 4.62. The molecule has 2 atom stereocenters. The maximum Gasteiger partial charge on any atom is 0.0474 e. The molecule has 0 N–H and O–H groups in total. The van der Waals surface area contributed by atoms with Gasteiger partial charge in [-0.3, -0.25) is 9.80 Å². The van der Waals surface area contributed by atoms with Gasteiger partial charge in [0, 0.05) is 45.4 Å². The van der Waals surface area contributed by atoms with E-state index in [0.29, 0.717) is 0 Å². The van der Waals surface area contributed by atoms with E-state index in [-0.39, 0.29) is 0 Å². The van der Waals surface area contributed by atoms with Crippen molar-refractivity contribution in [1.29, 1.82) is 0 Å². The summed E-state index contributed by atoms with van der Waals surface area (Å²) >= 11 is 0. The highest BCUT2D eigenvalue weighted by molar-refractivity contribution is 4.88. The average Bonchev–Trinajstić information content (AvgIpc) is 2.30. The molecule has 0 aromatic rings. The maximum atomic E-state index is 5.14. The van der Waals surface area contributed by atoms with Gasteiger partial charge in [-0.2, -0.15) is 0 Å². The molecule has 0 aliphatic carbocycles. The van der Waals surface area contributed by atoms with E-state index in [9.17, 15) is 0 Å². The van der Waals surface area contributed by atoms with Crippen molar-refractivity contribution in [2.75, 3.05) is 39.9 Å². The van der Waals surface area contributed by atoms with Gasteiger partial charge in [0.05, 0.1) is 0 Å². The molecule has 2 rings (SSSR count). The number of hydrogen-bond acceptors (Lipinski definition) is 3. The normalized spacial score (nSPS) is 32.6. The Bertz CT molecular complexity index is 210. The number of ether oxygens (including phenoxy) is 1. The van der Waals surface area contributed by atoms with Gasteiger partial charge in [-0.05, 0) is 32.7 Å². The quantitative estimate of drug-likeness (QED) is 0.677. The fraction of sp³-hybridized carbons (Fsp3) is 1.00. The summed E-state index contributed by atoms with van der Waals surface area (Å²) in [6, 6.07) is 1.57. The van der Waals surface area contributed by atoms with Crippen molar-refractivity contribution in [3.05, 3.63) is 0 Å². The van der Waals surface area contributed by atoms with E-state index in [1.807, 2.05) is 0 Å². The summed E-state index contributed by atoms with van der Waals surface area (Å²) in [5.41, 5.74) is 0. The molecule has 3 nitrogen and oxygen atoms in total. The number of rotatable bonds is 4. The number of piperidine rings is 1. The molecule has 2 aliphatic rings. The Morgan fingerprint density at radius 1 is 1.25 bits per heavy atom. The van der Waals surface area contributed by atoms with Gasteiger partial charge >= 0.3 is 0 Å². The predicted octanol–water partition coefficient (Wildman–Crippen LogP) is 1.58. The number of hydrogen-bond donors (Lipinski definition) is 0. The van der Waals surface area contributed by atoms with Crippen molar-refractivity contribution in [3.63, 3.8) is 0 Å². The van der Waals surface area contributed by atoms with Crippen molar-refractivity contribution in [2.24, 2.45) is 0 Å². The van der Waals surface area contributed by atoms with E-state index in [0.717, 1.165) is 18.7 Å². The molecule has 94 valence electrons. The van der Waals surface area contributed by atoms with Crippen LogP contribution in [0.2, 0.25) is 0 Å². The SMILES string of the molecule is COCCCN1CC2CCCCN2CC1C. The van der Waals surface area contributed by atoms with Crippen LogP contribution in [0.5, 0.6) is 0 Å². The molecule has 0 radical (unpaired) electrons. The summed E-state index contributed by atoms with van der Waals surface area (Å²) in [7, 11) is 1.79. The van der Waals surface area contributed by atoms with Crippen molar-refractivity contribution < 1.29 is 4.74 Å². The van der Waals surface area contributed by atoms with Crippen LogP contribution in [0, 0.1) is 0 Å². The molecule has 2 aliphatic heterocycles. The minimum atomic E-state index is 0.728. The van der Waals surface area contributed by atoms with Gasteiger partial charge in [-0.1, -0.05) is 6.42 Å². The second-order valence-corrected chi connectivity index (χ2v) is 5.33. The number of methoxy groups -OCH3 is 1. The van der Waals surface area contributed by atoms with E-state index in [1.54, 1.807) is 7.11 Å². The molecule has 0 spiro atoms. The first-order chi connectivity index (χ1) is 7.81. The van der Waals surface area contributed by atoms with Crippen LogP contribution < -0.4 is 0 Å². The first-order valence-corrected chi connectivity index (χ1v) is 6.78. The third kappa shape index (κ3) is 2.96. The average molecular weight is 226 g/mol. The lowest BCUT2D eigenvalue weighted by Crippen LogP contribution is -2.58. The second-order valence-electron chi connectivity index (χ2n) is 5.33. The standard InChI is InChI=1S/C13H26N2O/c1-12-10-15-7-4-3-6-13(15)11-14(12)8-5-9-16-2/h12-13H,3-11H2,1-2H3. The number of fused-ring (bicyclic) bond motifs is 1. The Balaban J connectivity index is 1.80. The molecule has 0 aromatic heterocycles. The first-order valence-electron chi connectivity index (χ1n) is 6.78. The molecule has 2 heterocycles. The maximum absolute atomic E-state index is 5.14. The van der Waals surface area contributed by atoms with Crippen LogP contribution in [-0.2, 0) is 4.74 Å². The zero-order valence-corrected chi connectivity index (χ0v) is 10.8. The molecule has 0 bridgehead atoms. The van der Waals surface area contributed by atoms with E-state index < -0.39 is 0 Å². The van der Waals surface area contributed by atoms with E-state index in [1.165, 1.54) is 51.9 Å². The van der Waals surface area contributed by atoms with Crippen LogP contribution in [0.3, 0.4) is 0 Å². The van der Waals surface area contributed by atoms with Crippen LogP contribution in [0.25, 0.3) is 0 Å². The van der Waals surface area contributed by atoms with Gasteiger partial charge in [0.1, 0.15) is 0 Å². The molecule has 0 amide bonds. The molecule has 0 saturated carbocycles. The molecule has 2 fully saturated rings. The fourth-order valence-electron chi connectivity index (χ4n) is 3.14. The van der Waals surface area contributed by atoms with Crippen molar-refractivity contribution in [2.45, 2.75) is 44.7 Å². The van der Waals surface area contributed by atoms with Gasteiger partial charge in [0.2, 0.25) is 0 Å². The van der Waals surface area contributed by atoms with Crippen LogP contribution in [0.1, 0.15) is 32.6 Å². The first kappa shape index (κ1) is 12.3. The molecule has 16 heavy (non-hydrogen) atoms. The lowest BCUT2D eigenvalue weighted by molar-refractivity contribution is 0.0118. The Hall–Kier alpha value is -0.120. The van der Waals surface area contributed by atoms with Crippen LogP contribution in [0.15, 0.2) is 0 Å². The third-order valence-electron chi connectivity index (χ3n) is 4.11. The smallest absolute Gasteiger partial charge is 0.0474 e. The van der Waals surface area contributed by atoms with Crippen molar-refractivity contribution >= 4 is 0 Å². The number of nitrogens with zero attached hydrogens (tertiary/aromatic N) is 2. The lowest BCUT2D eigenvalue weighted by Gasteiger charge is -2.47. The summed E-state index contributed by atoms with van der Waals surface area (Å²) in [6.07, 6.45) is 5.43. The zero-order chi connectivity index (χ0) is 11.4. The van der Waals surface area contributed by atoms with E-state index in [2.05, 4.69) is 16.7 Å². The third-order valence-corrected chi connectivity index (χ3v) is 4.11. The predicted molar refractivity (Wildman–Crippen MR) is 66.7 cm³/mol. The minimum Gasteiger partial charge on any atom is -0.385 e. The fourth-order valence-corrected chi connectivity index (χ4v) is 3.14. The molecule has 2 saturated heterocycles. The highest BCUT2D eigenvalue weighted by Gasteiger charge is 2.32. The highest BCUT2D eigenvalue weighted by atomic mass is 16.5. The van der Waals surface area contributed by atoms with Crippen LogP contribution in [0.4, 0.5) is 0 Å².